The summed E-state index contributed by atoms with van der Waals surface area (Å²) in [7, 11) is 0. The highest BCUT2D eigenvalue weighted by Crippen LogP contribution is 2.34. The molecule has 7 heteroatoms. The number of carbonyl (C=O) groups excluding carboxylic acids is 1. The standard InChI is InChI=1S/C24H20FN3O2S/c1-15-21(23(30)26-18-5-3-2-4-6-18)22(16-7-13-20(29)14-8-16)27-24(31)28(15)19-11-9-17(25)10-12-19/h2-14,22,29H,1H3,(H,26,30)(H,27,31)/t22-/m0/s1. The Morgan fingerprint density at radius 2 is 1.68 bits per heavy atom. The molecular formula is C24H20FN3O2S. The van der Waals surface area contributed by atoms with E-state index < -0.39 is 6.04 Å². The van der Waals surface area contributed by atoms with Crippen molar-refractivity contribution in [1.29, 1.82) is 0 Å². The summed E-state index contributed by atoms with van der Waals surface area (Å²) in [5.41, 5.74) is 3.18. The molecule has 0 saturated carbocycles. The molecule has 0 bridgehead atoms. The fourth-order valence-corrected chi connectivity index (χ4v) is 3.94. The molecule has 0 radical (unpaired) electrons. The summed E-state index contributed by atoms with van der Waals surface area (Å²) in [6.07, 6.45) is 0. The molecule has 1 aliphatic heterocycles. The predicted octanol–water partition coefficient (Wildman–Crippen LogP) is 4.88. The number of benzene rings is 3. The highest BCUT2D eigenvalue weighted by molar-refractivity contribution is 7.80. The number of allylic oxidation sites excluding steroid dienone is 1. The van der Waals surface area contributed by atoms with Crippen molar-refractivity contribution >= 4 is 34.6 Å². The van der Waals surface area contributed by atoms with Crippen LogP contribution in [0.2, 0.25) is 0 Å². The number of thiocarbonyl (C=S) groups is 1. The smallest absolute Gasteiger partial charge is 0.255 e. The molecular weight excluding hydrogens is 413 g/mol. The van der Waals surface area contributed by atoms with Crippen LogP contribution in [0.1, 0.15) is 18.5 Å². The van der Waals surface area contributed by atoms with Crippen molar-refractivity contribution in [2.24, 2.45) is 0 Å². The number of anilines is 2. The number of para-hydroxylation sites is 1. The van der Waals surface area contributed by atoms with Crippen molar-refractivity contribution < 1.29 is 14.3 Å². The van der Waals surface area contributed by atoms with E-state index in [0.29, 0.717) is 27.8 Å². The lowest BCUT2D eigenvalue weighted by Gasteiger charge is -2.38. The van der Waals surface area contributed by atoms with Gasteiger partial charge in [0.2, 0.25) is 0 Å². The predicted molar refractivity (Wildman–Crippen MR) is 123 cm³/mol. The van der Waals surface area contributed by atoms with E-state index in [9.17, 15) is 14.3 Å². The van der Waals surface area contributed by atoms with Crippen LogP contribution in [-0.2, 0) is 4.79 Å². The summed E-state index contributed by atoms with van der Waals surface area (Å²) in [6, 6.07) is 21.2. The maximum absolute atomic E-state index is 13.4. The van der Waals surface area contributed by atoms with Gasteiger partial charge < -0.3 is 15.7 Å². The number of hydrogen-bond acceptors (Lipinski definition) is 3. The Morgan fingerprint density at radius 1 is 1.03 bits per heavy atom. The molecule has 156 valence electrons. The molecule has 3 aromatic rings. The summed E-state index contributed by atoms with van der Waals surface area (Å²) in [5, 5.41) is 16.2. The highest BCUT2D eigenvalue weighted by atomic mass is 32.1. The van der Waals surface area contributed by atoms with Gasteiger partial charge in [0.05, 0.1) is 11.6 Å². The molecule has 3 N–H and O–H groups in total. The van der Waals surface area contributed by atoms with Gasteiger partial charge in [-0.2, -0.15) is 0 Å². The lowest BCUT2D eigenvalue weighted by molar-refractivity contribution is -0.113. The molecule has 0 aromatic heterocycles. The largest absolute Gasteiger partial charge is 0.508 e. The number of carbonyl (C=O) groups is 1. The monoisotopic (exact) mass is 433 g/mol. The van der Waals surface area contributed by atoms with Gasteiger partial charge in [-0.05, 0) is 73.2 Å². The average Bonchev–Trinajstić information content (AvgIpc) is 2.76. The van der Waals surface area contributed by atoms with Gasteiger partial charge in [0.15, 0.2) is 5.11 Å². The van der Waals surface area contributed by atoms with Crippen LogP contribution < -0.4 is 15.5 Å². The van der Waals surface area contributed by atoms with Crippen LogP contribution in [-0.4, -0.2) is 16.1 Å². The minimum atomic E-state index is -0.520. The highest BCUT2D eigenvalue weighted by Gasteiger charge is 2.34. The zero-order chi connectivity index (χ0) is 22.0. The quantitative estimate of drug-likeness (QED) is 0.512. The summed E-state index contributed by atoms with van der Waals surface area (Å²) < 4.78 is 13.4. The number of nitrogens with one attached hydrogen (secondary N) is 2. The lowest BCUT2D eigenvalue weighted by Crippen LogP contribution is -2.48. The molecule has 31 heavy (non-hydrogen) atoms. The molecule has 0 unspecified atom stereocenters. The third kappa shape index (κ3) is 4.27. The first-order chi connectivity index (χ1) is 14.9. The Kier molecular flexibility index (Phi) is 5.68. The average molecular weight is 434 g/mol. The molecule has 0 spiro atoms. The number of aromatic hydroxyl groups is 1. The van der Waals surface area contributed by atoms with Crippen LogP contribution >= 0.6 is 12.2 Å². The van der Waals surface area contributed by atoms with Gasteiger partial charge >= 0.3 is 0 Å². The number of halogens is 1. The number of nitrogens with zero attached hydrogens (tertiary/aromatic N) is 1. The van der Waals surface area contributed by atoms with E-state index in [4.69, 9.17) is 12.2 Å². The fraction of sp³-hybridized carbons (Fsp3) is 0.0833. The molecule has 5 nitrogen and oxygen atoms in total. The normalized spacial score (nSPS) is 16.1. The van der Waals surface area contributed by atoms with Crippen LogP contribution in [0.5, 0.6) is 5.75 Å². The Morgan fingerprint density at radius 3 is 2.32 bits per heavy atom. The molecule has 1 heterocycles. The van der Waals surface area contributed by atoms with Crippen LogP contribution in [0.4, 0.5) is 15.8 Å². The fourth-order valence-electron chi connectivity index (χ4n) is 3.58. The lowest BCUT2D eigenvalue weighted by atomic mass is 9.94. The number of phenols is 1. The van der Waals surface area contributed by atoms with E-state index in [1.807, 2.05) is 37.3 Å². The third-order valence-electron chi connectivity index (χ3n) is 5.07. The van der Waals surface area contributed by atoms with Gasteiger partial charge in [-0.25, -0.2) is 4.39 Å². The molecule has 1 amide bonds. The van der Waals surface area contributed by atoms with E-state index >= 15 is 0 Å². The van der Waals surface area contributed by atoms with Gasteiger partial charge in [-0.15, -0.1) is 0 Å². The van der Waals surface area contributed by atoms with Crippen LogP contribution in [0.3, 0.4) is 0 Å². The van der Waals surface area contributed by atoms with E-state index in [0.717, 1.165) is 5.56 Å². The number of amides is 1. The second-order valence-electron chi connectivity index (χ2n) is 7.11. The molecule has 4 rings (SSSR count). The van der Waals surface area contributed by atoms with Crippen LogP contribution in [0, 0.1) is 5.82 Å². The molecule has 3 aromatic carbocycles. The van der Waals surface area contributed by atoms with Crippen molar-refractivity contribution in [2.75, 3.05) is 10.2 Å². The Labute approximate surface area is 184 Å². The first-order valence-corrected chi connectivity index (χ1v) is 10.1. The maximum atomic E-state index is 13.4. The summed E-state index contributed by atoms with van der Waals surface area (Å²) in [4.78, 5) is 15.1. The summed E-state index contributed by atoms with van der Waals surface area (Å²) in [5.74, 6) is -0.514. The van der Waals surface area contributed by atoms with Crippen molar-refractivity contribution in [3.05, 3.63) is 102 Å². The first kappa shape index (κ1) is 20.6. The van der Waals surface area contributed by atoms with Gasteiger partial charge in [-0.1, -0.05) is 30.3 Å². The molecule has 0 fully saturated rings. The molecule has 0 aliphatic carbocycles. The van der Waals surface area contributed by atoms with Gasteiger partial charge in [0.25, 0.3) is 5.91 Å². The summed E-state index contributed by atoms with van der Waals surface area (Å²) in [6.45, 7) is 1.81. The van der Waals surface area contributed by atoms with Crippen LogP contribution in [0.15, 0.2) is 90.1 Å². The molecule has 1 atom stereocenters. The van der Waals surface area contributed by atoms with Crippen LogP contribution in [0.25, 0.3) is 0 Å². The molecule has 0 saturated heterocycles. The summed E-state index contributed by atoms with van der Waals surface area (Å²) >= 11 is 5.60. The van der Waals surface area contributed by atoms with E-state index in [2.05, 4.69) is 10.6 Å². The Balaban J connectivity index is 1.80. The van der Waals surface area contributed by atoms with Gasteiger partial charge in [-0.3, -0.25) is 9.69 Å². The number of hydrogen-bond donors (Lipinski definition) is 3. The Bertz CT molecular complexity index is 1150. The number of rotatable bonds is 4. The van der Waals surface area contributed by atoms with Gasteiger partial charge in [0, 0.05) is 17.1 Å². The minimum absolute atomic E-state index is 0.131. The topological polar surface area (TPSA) is 64.6 Å². The second-order valence-corrected chi connectivity index (χ2v) is 7.49. The minimum Gasteiger partial charge on any atom is -0.508 e. The Hall–Kier alpha value is -3.71. The van der Waals surface area contributed by atoms with E-state index in [1.54, 1.807) is 41.3 Å². The van der Waals surface area contributed by atoms with Crippen molar-refractivity contribution in [2.45, 2.75) is 13.0 Å². The molecule has 1 aliphatic rings. The maximum Gasteiger partial charge on any atom is 0.255 e. The second kappa shape index (κ2) is 8.57. The van der Waals surface area contributed by atoms with E-state index in [-0.39, 0.29) is 17.5 Å². The SMILES string of the molecule is CC1=C(C(=O)Nc2ccccc2)[C@H](c2ccc(O)cc2)NC(=S)N1c1ccc(F)cc1. The first-order valence-electron chi connectivity index (χ1n) is 9.66. The third-order valence-corrected chi connectivity index (χ3v) is 5.37. The van der Waals surface area contributed by atoms with Crippen molar-refractivity contribution in [1.82, 2.24) is 5.32 Å². The zero-order valence-corrected chi connectivity index (χ0v) is 17.5. The number of phenolic OH excluding ortho intramolecular Hbond substituents is 1. The van der Waals surface area contributed by atoms with E-state index in [1.165, 1.54) is 12.1 Å². The van der Waals surface area contributed by atoms with Crippen molar-refractivity contribution in [3.8, 4) is 5.75 Å². The van der Waals surface area contributed by atoms with Gasteiger partial charge in [0.1, 0.15) is 11.6 Å². The zero-order valence-electron chi connectivity index (χ0n) is 16.7. The van der Waals surface area contributed by atoms with Crippen molar-refractivity contribution in [3.63, 3.8) is 0 Å².